The quantitative estimate of drug-likeness (QED) is 0.740. The molecule has 0 unspecified atom stereocenters. The van der Waals surface area contributed by atoms with Crippen LogP contribution >= 0.6 is 0 Å². The second kappa shape index (κ2) is 5.40. The predicted molar refractivity (Wildman–Crippen MR) is 81.2 cm³/mol. The van der Waals surface area contributed by atoms with E-state index >= 15 is 0 Å². The molecule has 0 spiro atoms. The van der Waals surface area contributed by atoms with Crippen LogP contribution in [0.3, 0.4) is 0 Å². The lowest BCUT2D eigenvalue weighted by atomic mass is 10.1. The van der Waals surface area contributed by atoms with Gasteiger partial charge in [0.1, 0.15) is 0 Å². The Balaban J connectivity index is 2.04. The summed E-state index contributed by atoms with van der Waals surface area (Å²) in [4.78, 5) is 11.9. The van der Waals surface area contributed by atoms with E-state index in [1.54, 1.807) is 4.57 Å². The maximum atomic E-state index is 11.9. The monoisotopic (exact) mass is 280 g/mol. The molecular weight excluding hydrogens is 264 g/mol. The number of rotatable bonds is 3. The molecule has 0 saturated heterocycles. The summed E-state index contributed by atoms with van der Waals surface area (Å²) in [5, 5.41) is 3.94. The van der Waals surface area contributed by atoms with Gasteiger partial charge in [0.05, 0.1) is 6.54 Å². The van der Waals surface area contributed by atoms with Crippen LogP contribution in [0.2, 0.25) is 0 Å². The molecule has 0 aliphatic heterocycles. The molecule has 0 atom stereocenters. The number of hydrogen-bond acceptors (Lipinski definition) is 3. The summed E-state index contributed by atoms with van der Waals surface area (Å²) in [7, 11) is 0. The van der Waals surface area contributed by atoms with Gasteiger partial charge in [0, 0.05) is 5.56 Å². The second-order valence-corrected chi connectivity index (χ2v) is 5.16. The Morgan fingerprint density at radius 2 is 1.76 bits per heavy atom. The highest BCUT2D eigenvalue weighted by atomic mass is 16.5. The van der Waals surface area contributed by atoms with E-state index in [1.807, 2.05) is 62.4 Å². The highest BCUT2D eigenvalue weighted by molar-refractivity contribution is 5.59. The van der Waals surface area contributed by atoms with Crippen LogP contribution in [0.25, 0.3) is 11.4 Å². The summed E-state index contributed by atoms with van der Waals surface area (Å²) < 4.78 is 6.42. The molecule has 0 aliphatic carbocycles. The average molecular weight is 280 g/mol. The van der Waals surface area contributed by atoms with E-state index in [-0.39, 0.29) is 0 Å². The van der Waals surface area contributed by atoms with Gasteiger partial charge in [-0.25, -0.2) is 4.79 Å². The zero-order chi connectivity index (χ0) is 14.8. The highest BCUT2D eigenvalue weighted by Gasteiger charge is 2.14. The smallest absolute Gasteiger partial charge is 0.295 e. The van der Waals surface area contributed by atoms with Crippen LogP contribution in [-0.2, 0) is 6.54 Å². The van der Waals surface area contributed by atoms with Crippen molar-refractivity contribution >= 4 is 0 Å². The van der Waals surface area contributed by atoms with Crippen LogP contribution in [0.15, 0.2) is 57.8 Å². The topological polar surface area (TPSA) is 48.0 Å². The molecule has 0 amide bonds. The Hall–Kier alpha value is -2.62. The number of aromatic nitrogens is 2. The molecule has 1 aromatic heterocycles. The summed E-state index contributed by atoms with van der Waals surface area (Å²) in [6.07, 6.45) is 0. The molecule has 3 rings (SSSR count). The molecule has 0 N–H and O–H groups in total. The Morgan fingerprint density at radius 1 is 1.05 bits per heavy atom. The first kappa shape index (κ1) is 13.4. The fourth-order valence-electron chi connectivity index (χ4n) is 2.30. The van der Waals surface area contributed by atoms with Gasteiger partial charge in [0.15, 0.2) is 5.82 Å². The average Bonchev–Trinajstić information content (AvgIpc) is 2.83. The van der Waals surface area contributed by atoms with E-state index in [2.05, 4.69) is 5.16 Å². The molecule has 0 bridgehead atoms. The molecule has 3 aromatic rings. The van der Waals surface area contributed by atoms with E-state index < -0.39 is 5.76 Å². The minimum atomic E-state index is -0.436. The predicted octanol–water partition coefficient (Wildman–Crippen LogP) is 3.17. The van der Waals surface area contributed by atoms with Crippen molar-refractivity contribution in [3.63, 3.8) is 0 Å². The van der Waals surface area contributed by atoms with Crippen molar-refractivity contribution < 1.29 is 4.52 Å². The summed E-state index contributed by atoms with van der Waals surface area (Å²) in [6.45, 7) is 4.48. The van der Waals surface area contributed by atoms with Gasteiger partial charge in [-0.05, 0) is 25.0 Å². The molecule has 4 heteroatoms. The van der Waals surface area contributed by atoms with Crippen LogP contribution in [0.4, 0.5) is 0 Å². The molecule has 106 valence electrons. The second-order valence-electron chi connectivity index (χ2n) is 5.16. The van der Waals surface area contributed by atoms with Crippen LogP contribution in [0.5, 0.6) is 0 Å². The van der Waals surface area contributed by atoms with Crippen LogP contribution in [0, 0.1) is 13.8 Å². The normalized spacial score (nSPS) is 10.8. The fraction of sp³-hybridized carbons (Fsp3) is 0.176. The SMILES string of the molecule is Cc1ccc(Cn2c(-c3ccccc3C)noc2=O)cc1. The third-order valence-electron chi connectivity index (χ3n) is 3.53. The first-order valence-electron chi connectivity index (χ1n) is 6.83. The zero-order valence-electron chi connectivity index (χ0n) is 12.0. The first-order valence-corrected chi connectivity index (χ1v) is 6.83. The van der Waals surface area contributed by atoms with Gasteiger partial charge in [-0.15, -0.1) is 0 Å². The van der Waals surface area contributed by atoms with Crippen molar-refractivity contribution in [1.82, 2.24) is 9.72 Å². The van der Waals surface area contributed by atoms with Gasteiger partial charge < -0.3 is 0 Å². The summed E-state index contributed by atoms with van der Waals surface area (Å²) in [5.74, 6) is 0.132. The Kier molecular flexibility index (Phi) is 3.44. The van der Waals surface area contributed by atoms with Crippen molar-refractivity contribution in [2.24, 2.45) is 0 Å². The van der Waals surface area contributed by atoms with E-state index in [1.165, 1.54) is 5.56 Å². The van der Waals surface area contributed by atoms with Gasteiger partial charge in [0.2, 0.25) is 0 Å². The van der Waals surface area contributed by atoms with Gasteiger partial charge in [-0.1, -0.05) is 59.3 Å². The molecule has 4 nitrogen and oxygen atoms in total. The molecule has 0 aliphatic rings. The van der Waals surface area contributed by atoms with Crippen molar-refractivity contribution in [2.75, 3.05) is 0 Å². The minimum Gasteiger partial charge on any atom is -0.295 e. The van der Waals surface area contributed by atoms with E-state index in [0.29, 0.717) is 12.4 Å². The van der Waals surface area contributed by atoms with E-state index in [4.69, 9.17) is 4.52 Å². The molecule has 1 heterocycles. The fourth-order valence-corrected chi connectivity index (χ4v) is 2.30. The van der Waals surface area contributed by atoms with Crippen molar-refractivity contribution in [3.05, 3.63) is 75.8 Å². The lowest BCUT2D eigenvalue weighted by molar-refractivity contribution is 0.378. The Labute approximate surface area is 122 Å². The number of aryl methyl sites for hydroxylation is 2. The molecule has 0 saturated carbocycles. The molecule has 0 radical (unpaired) electrons. The largest absolute Gasteiger partial charge is 0.442 e. The third kappa shape index (κ3) is 2.65. The van der Waals surface area contributed by atoms with Crippen molar-refractivity contribution in [1.29, 1.82) is 0 Å². The van der Waals surface area contributed by atoms with Crippen molar-refractivity contribution in [3.8, 4) is 11.4 Å². The van der Waals surface area contributed by atoms with Gasteiger partial charge in [-0.2, -0.15) is 0 Å². The number of hydrogen-bond donors (Lipinski definition) is 0. The van der Waals surface area contributed by atoms with Crippen LogP contribution in [0.1, 0.15) is 16.7 Å². The minimum absolute atomic E-state index is 0.436. The Bertz CT molecular complexity index is 813. The molecular formula is C17H16N2O2. The Morgan fingerprint density at radius 3 is 2.48 bits per heavy atom. The first-order chi connectivity index (χ1) is 10.1. The zero-order valence-corrected chi connectivity index (χ0v) is 12.0. The third-order valence-corrected chi connectivity index (χ3v) is 3.53. The lowest BCUT2D eigenvalue weighted by Gasteiger charge is -2.07. The van der Waals surface area contributed by atoms with Crippen LogP contribution < -0.4 is 5.76 Å². The maximum Gasteiger partial charge on any atom is 0.442 e. The summed E-state index contributed by atoms with van der Waals surface area (Å²) in [6, 6.07) is 15.9. The molecule has 21 heavy (non-hydrogen) atoms. The van der Waals surface area contributed by atoms with Crippen molar-refractivity contribution in [2.45, 2.75) is 20.4 Å². The van der Waals surface area contributed by atoms with E-state index in [9.17, 15) is 4.79 Å². The maximum absolute atomic E-state index is 11.9. The van der Waals surface area contributed by atoms with Gasteiger partial charge in [0.25, 0.3) is 0 Å². The van der Waals surface area contributed by atoms with Gasteiger partial charge in [-0.3, -0.25) is 9.09 Å². The summed E-state index contributed by atoms with van der Waals surface area (Å²) in [5.41, 5.74) is 4.20. The van der Waals surface area contributed by atoms with Crippen LogP contribution in [-0.4, -0.2) is 9.72 Å². The molecule has 2 aromatic carbocycles. The highest BCUT2D eigenvalue weighted by Crippen LogP contribution is 2.20. The number of benzene rings is 2. The standard InChI is InChI=1S/C17H16N2O2/c1-12-7-9-14(10-8-12)11-19-16(18-21-17(19)20)15-6-4-3-5-13(15)2/h3-10H,11H2,1-2H3. The summed E-state index contributed by atoms with van der Waals surface area (Å²) >= 11 is 0. The number of nitrogens with zero attached hydrogens (tertiary/aromatic N) is 2. The van der Waals surface area contributed by atoms with Gasteiger partial charge >= 0.3 is 5.76 Å². The van der Waals surface area contributed by atoms with E-state index in [0.717, 1.165) is 16.7 Å². The lowest BCUT2D eigenvalue weighted by Crippen LogP contribution is -2.16. The molecule has 0 fully saturated rings.